The van der Waals surface area contributed by atoms with Gasteiger partial charge >= 0.3 is 0 Å². The van der Waals surface area contributed by atoms with Crippen LogP contribution >= 0.6 is 0 Å². The molecule has 1 aromatic heterocycles. The summed E-state index contributed by atoms with van der Waals surface area (Å²) in [6, 6.07) is 10.7. The van der Waals surface area contributed by atoms with Crippen LogP contribution in [0.3, 0.4) is 0 Å². The minimum Gasteiger partial charge on any atom is -0.350 e. The summed E-state index contributed by atoms with van der Waals surface area (Å²) >= 11 is 0. The number of aromatic nitrogens is 1. The molecule has 192 valence electrons. The molecule has 0 spiro atoms. The number of benzene rings is 1. The van der Waals surface area contributed by atoms with Gasteiger partial charge in [-0.2, -0.15) is 0 Å². The molecule has 7 nitrogen and oxygen atoms in total. The number of nitrogens with zero attached hydrogens (tertiary/aromatic N) is 2. The number of amides is 2. The van der Waals surface area contributed by atoms with Gasteiger partial charge in [-0.25, -0.2) is 0 Å². The average molecular weight is 491 g/mol. The van der Waals surface area contributed by atoms with E-state index in [2.05, 4.69) is 27.7 Å². The van der Waals surface area contributed by atoms with Gasteiger partial charge in [0.1, 0.15) is 11.1 Å². The minimum absolute atomic E-state index is 0.0545. The van der Waals surface area contributed by atoms with Crippen molar-refractivity contribution in [2.75, 3.05) is 19.6 Å². The monoisotopic (exact) mass is 490 g/mol. The maximum absolute atomic E-state index is 13.4. The molecule has 3 fully saturated rings. The zero-order valence-electron chi connectivity index (χ0n) is 21.1. The Bertz CT molecular complexity index is 1110. The lowest BCUT2D eigenvalue weighted by molar-refractivity contribution is 0.0922. The fourth-order valence-electron chi connectivity index (χ4n) is 5.66. The Labute approximate surface area is 213 Å². The fourth-order valence-corrected chi connectivity index (χ4v) is 5.66. The van der Waals surface area contributed by atoms with Crippen LogP contribution in [0.1, 0.15) is 103 Å². The first kappa shape index (κ1) is 24.8. The van der Waals surface area contributed by atoms with Gasteiger partial charge in [0.15, 0.2) is 0 Å². The molecule has 0 radical (unpaired) electrons. The molecule has 1 aromatic carbocycles. The molecular formula is C29H38N4O3. The topological polar surface area (TPSA) is 83.4 Å². The summed E-state index contributed by atoms with van der Waals surface area (Å²) in [6.07, 6.45) is 14.1. The molecule has 1 unspecified atom stereocenters. The highest BCUT2D eigenvalue weighted by Crippen LogP contribution is 2.34. The molecule has 5 rings (SSSR count). The molecule has 2 N–H and O–H groups in total. The maximum Gasteiger partial charge on any atom is 0.256 e. The smallest absolute Gasteiger partial charge is 0.256 e. The summed E-state index contributed by atoms with van der Waals surface area (Å²) in [6.45, 7) is 2.42. The van der Waals surface area contributed by atoms with Gasteiger partial charge in [-0.3, -0.25) is 19.3 Å². The SMILES string of the molecule is O=C(NCC(c1ccccc1)N1CCCCC1)c1cn(C2CC2)cc(C(=O)NC2CCCCC2)c1=O. The Morgan fingerprint density at radius 1 is 0.833 bits per heavy atom. The lowest BCUT2D eigenvalue weighted by Crippen LogP contribution is -2.43. The highest BCUT2D eigenvalue weighted by Gasteiger charge is 2.29. The first-order chi connectivity index (χ1) is 17.6. The number of hydrogen-bond acceptors (Lipinski definition) is 4. The summed E-state index contributed by atoms with van der Waals surface area (Å²) in [7, 11) is 0. The van der Waals surface area contributed by atoms with Gasteiger partial charge in [0.2, 0.25) is 5.43 Å². The van der Waals surface area contributed by atoms with Crippen molar-refractivity contribution in [3.8, 4) is 0 Å². The van der Waals surface area contributed by atoms with Crippen LogP contribution in [0, 0.1) is 0 Å². The second kappa shape index (κ2) is 11.4. The molecule has 3 aliphatic rings. The Morgan fingerprint density at radius 3 is 2.14 bits per heavy atom. The highest BCUT2D eigenvalue weighted by molar-refractivity contribution is 5.99. The number of carbonyl (C=O) groups excluding carboxylic acids is 2. The van der Waals surface area contributed by atoms with Crippen LogP contribution in [0.2, 0.25) is 0 Å². The van der Waals surface area contributed by atoms with E-state index < -0.39 is 11.3 Å². The molecule has 1 aliphatic heterocycles. The Morgan fingerprint density at radius 2 is 1.47 bits per heavy atom. The Hall–Kier alpha value is -2.93. The third-order valence-electron chi connectivity index (χ3n) is 7.92. The molecule has 2 heterocycles. The summed E-state index contributed by atoms with van der Waals surface area (Å²) < 4.78 is 1.89. The van der Waals surface area contributed by atoms with E-state index in [0.717, 1.165) is 70.0 Å². The van der Waals surface area contributed by atoms with Crippen molar-refractivity contribution >= 4 is 11.8 Å². The number of likely N-dealkylation sites (tertiary alicyclic amines) is 1. The minimum atomic E-state index is -0.480. The van der Waals surface area contributed by atoms with Crippen molar-refractivity contribution in [1.82, 2.24) is 20.1 Å². The van der Waals surface area contributed by atoms with E-state index in [-0.39, 0.29) is 35.2 Å². The molecule has 7 heteroatoms. The van der Waals surface area contributed by atoms with Crippen molar-refractivity contribution in [3.63, 3.8) is 0 Å². The molecule has 0 bridgehead atoms. The summed E-state index contributed by atoms with van der Waals surface area (Å²) in [4.78, 5) is 42.3. The Kier molecular flexibility index (Phi) is 7.85. The molecule has 2 aliphatic carbocycles. The van der Waals surface area contributed by atoms with Gasteiger partial charge in [-0.1, -0.05) is 56.0 Å². The van der Waals surface area contributed by atoms with E-state index in [1.165, 1.54) is 12.8 Å². The average Bonchev–Trinajstić information content (AvgIpc) is 3.76. The van der Waals surface area contributed by atoms with Crippen molar-refractivity contribution in [2.24, 2.45) is 0 Å². The molecule has 36 heavy (non-hydrogen) atoms. The first-order valence-corrected chi connectivity index (χ1v) is 13.7. The third-order valence-corrected chi connectivity index (χ3v) is 7.92. The van der Waals surface area contributed by atoms with E-state index >= 15 is 0 Å². The van der Waals surface area contributed by atoms with Crippen molar-refractivity contribution in [1.29, 1.82) is 0 Å². The largest absolute Gasteiger partial charge is 0.350 e. The number of piperidine rings is 1. The lowest BCUT2D eigenvalue weighted by Gasteiger charge is -2.35. The predicted molar refractivity (Wildman–Crippen MR) is 140 cm³/mol. The zero-order chi connectivity index (χ0) is 24.9. The number of hydrogen-bond donors (Lipinski definition) is 2. The maximum atomic E-state index is 13.4. The van der Waals surface area contributed by atoms with Crippen LogP contribution in [0.15, 0.2) is 47.5 Å². The molecule has 2 aromatic rings. The predicted octanol–water partition coefficient (Wildman–Crippen LogP) is 4.20. The van der Waals surface area contributed by atoms with Gasteiger partial charge in [0.25, 0.3) is 11.8 Å². The summed E-state index contributed by atoms with van der Waals surface area (Å²) in [5.41, 5.74) is 0.821. The standard InChI is InChI=1S/C29H38N4O3/c34-27-24(19-33(23-14-15-23)20-25(27)29(36)31-22-12-6-2-7-13-22)28(35)30-18-26(21-10-4-1-5-11-21)32-16-8-3-9-17-32/h1,4-5,10-11,19-20,22-23,26H,2-3,6-9,12-18H2,(H,30,35)(H,31,36). The van der Waals surface area contributed by atoms with Crippen LogP contribution < -0.4 is 16.1 Å². The van der Waals surface area contributed by atoms with E-state index in [4.69, 9.17) is 0 Å². The normalized spacial score (nSPS) is 20.0. The molecule has 1 saturated heterocycles. The summed E-state index contributed by atoms with van der Waals surface area (Å²) in [5.74, 6) is -0.758. The number of nitrogens with one attached hydrogen (secondary N) is 2. The third kappa shape index (κ3) is 5.89. The molecule has 2 amide bonds. The zero-order valence-corrected chi connectivity index (χ0v) is 21.1. The number of carbonyl (C=O) groups is 2. The van der Waals surface area contributed by atoms with E-state index in [1.807, 2.05) is 22.8 Å². The van der Waals surface area contributed by atoms with E-state index in [0.29, 0.717) is 6.54 Å². The van der Waals surface area contributed by atoms with E-state index in [9.17, 15) is 14.4 Å². The van der Waals surface area contributed by atoms with Gasteiger partial charge in [0.05, 0.1) is 6.04 Å². The quantitative estimate of drug-likeness (QED) is 0.581. The van der Waals surface area contributed by atoms with Gasteiger partial charge in [-0.15, -0.1) is 0 Å². The second-order valence-electron chi connectivity index (χ2n) is 10.6. The number of rotatable bonds is 8. The van der Waals surface area contributed by atoms with Crippen LogP contribution in [0.5, 0.6) is 0 Å². The van der Waals surface area contributed by atoms with Crippen LogP contribution in [-0.4, -0.2) is 47.0 Å². The Balaban J connectivity index is 1.35. The fraction of sp³-hybridized carbons (Fsp3) is 0.552. The molecular weight excluding hydrogens is 452 g/mol. The lowest BCUT2D eigenvalue weighted by atomic mass is 9.95. The highest BCUT2D eigenvalue weighted by atomic mass is 16.2. The van der Waals surface area contributed by atoms with Gasteiger partial charge in [0, 0.05) is 31.0 Å². The van der Waals surface area contributed by atoms with Gasteiger partial charge in [-0.05, 0) is 57.2 Å². The van der Waals surface area contributed by atoms with Crippen molar-refractivity contribution in [3.05, 3.63) is 69.6 Å². The van der Waals surface area contributed by atoms with Gasteiger partial charge < -0.3 is 15.2 Å². The molecule has 2 saturated carbocycles. The van der Waals surface area contributed by atoms with Crippen LogP contribution in [-0.2, 0) is 0 Å². The van der Waals surface area contributed by atoms with Crippen LogP contribution in [0.25, 0.3) is 0 Å². The second-order valence-corrected chi connectivity index (χ2v) is 10.6. The summed E-state index contributed by atoms with van der Waals surface area (Å²) in [5, 5.41) is 6.10. The van der Waals surface area contributed by atoms with E-state index in [1.54, 1.807) is 12.4 Å². The van der Waals surface area contributed by atoms with Crippen LogP contribution in [0.4, 0.5) is 0 Å². The number of pyridine rings is 1. The first-order valence-electron chi connectivity index (χ1n) is 13.7. The van der Waals surface area contributed by atoms with Crippen molar-refractivity contribution in [2.45, 2.75) is 82.3 Å². The van der Waals surface area contributed by atoms with Crippen molar-refractivity contribution < 1.29 is 9.59 Å². The molecule has 1 atom stereocenters.